The summed E-state index contributed by atoms with van der Waals surface area (Å²) in [5.74, 6) is 0.938. The molecule has 0 bridgehead atoms. The number of hydrogen-bond acceptors (Lipinski definition) is 2. The van der Waals surface area contributed by atoms with Gasteiger partial charge in [0.15, 0.2) is 0 Å². The van der Waals surface area contributed by atoms with Crippen molar-refractivity contribution in [2.45, 2.75) is 58.9 Å². The van der Waals surface area contributed by atoms with Crippen LogP contribution in [0.15, 0.2) is 18.2 Å². The molecule has 1 aromatic carbocycles. The first-order valence-electron chi connectivity index (χ1n) is 8.58. The molecule has 1 fully saturated rings. The molecule has 0 radical (unpaired) electrons. The fraction of sp³-hybridized carbons (Fsp3) is 0.684. The third-order valence-electron chi connectivity index (χ3n) is 4.47. The molecule has 1 aliphatic carbocycles. The van der Waals surface area contributed by atoms with Crippen molar-refractivity contribution >= 4 is 0 Å². The standard InChI is InChI=1S/C19H31NO/c1-4-9-20-19(14-21-10-8-17-6-5-7-17)18-12-15(2)11-16(3)13-18/h11-13,17,19-20H,4-10,14H2,1-3H3. The van der Waals surface area contributed by atoms with Crippen molar-refractivity contribution in [3.05, 3.63) is 34.9 Å². The van der Waals surface area contributed by atoms with E-state index in [0.717, 1.165) is 32.1 Å². The molecule has 1 atom stereocenters. The average Bonchev–Trinajstić information content (AvgIpc) is 2.38. The van der Waals surface area contributed by atoms with E-state index in [-0.39, 0.29) is 0 Å². The molecule has 0 amide bonds. The van der Waals surface area contributed by atoms with Crippen molar-refractivity contribution in [2.24, 2.45) is 5.92 Å². The zero-order valence-electron chi connectivity index (χ0n) is 14.0. The molecule has 0 aromatic heterocycles. The summed E-state index contributed by atoms with van der Waals surface area (Å²) in [6.07, 6.45) is 6.65. The third-order valence-corrected chi connectivity index (χ3v) is 4.47. The normalized spacial score (nSPS) is 16.7. The second-order valence-corrected chi connectivity index (χ2v) is 6.59. The van der Waals surface area contributed by atoms with E-state index in [9.17, 15) is 0 Å². The Kier molecular flexibility index (Phi) is 6.72. The molecule has 1 aromatic rings. The van der Waals surface area contributed by atoms with Gasteiger partial charge in [0, 0.05) is 6.61 Å². The van der Waals surface area contributed by atoms with Crippen LogP contribution in [0.3, 0.4) is 0 Å². The van der Waals surface area contributed by atoms with Gasteiger partial charge in [-0.15, -0.1) is 0 Å². The lowest BCUT2D eigenvalue weighted by atomic mass is 9.83. The number of rotatable bonds is 9. The zero-order chi connectivity index (χ0) is 15.1. The van der Waals surface area contributed by atoms with Crippen molar-refractivity contribution in [3.63, 3.8) is 0 Å². The molecular formula is C19H31NO. The van der Waals surface area contributed by atoms with E-state index < -0.39 is 0 Å². The molecule has 118 valence electrons. The predicted octanol–water partition coefficient (Wildman–Crippen LogP) is 4.55. The summed E-state index contributed by atoms with van der Waals surface area (Å²) in [5, 5.41) is 3.63. The van der Waals surface area contributed by atoms with Crippen LogP contribution in [0.5, 0.6) is 0 Å². The Morgan fingerprint density at radius 2 is 1.90 bits per heavy atom. The molecule has 0 saturated heterocycles. The van der Waals surface area contributed by atoms with Gasteiger partial charge >= 0.3 is 0 Å². The fourth-order valence-corrected chi connectivity index (χ4v) is 3.04. The summed E-state index contributed by atoms with van der Waals surface area (Å²) in [6.45, 7) is 9.30. The second kappa shape index (κ2) is 8.55. The minimum Gasteiger partial charge on any atom is -0.379 e. The molecule has 2 heteroatoms. The number of aryl methyl sites for hydroxylation is 2. The Morgan fingerprint density at radius 1 is 1.19 bits per heavy atom. The molecule has 0 aliphatic heterocycles. The molecule has 0 spiro atoms. The Labute approximate surface area is 130 Å². The highest BCUT2D eigenvalue weighted by atomic mass is 16.5. The van der Waals surface area contributed by atoms with Crippen molar-refractivity contribution < 1.29 is 4.74 Å². The monoisotopic (exact) mass is 289 g/mol. The first-order chi connectivity index (χ1) is 10.2. The number of benzene rings is 1. The van der Waals surface area contributed by atoms with Gasteiger partial charge in [-0.3, -0.25) is 0 Å². The van der Waals surface area contributed by atoms with Gasteiger partial charge in [-0.2, -0.15) is 0 Å². The Bertz CT molecular complexity index is 405. The maximum absolute atomic E-state index is 5.97. The number of nitrogens with one attached hydrogen (secondary N) is 1. The van der Waals surface area contributed by atoms with E-state index in [2.05, 4.69) is 44.3 Å². The van der Waals surface area contributed by atoms with Gasteiger partial charge in [-0.05, 0) is 44.7 Å². The summed E-state index contributed by atoms with van der Waals surface area (Å²) in [5.41, 5.74) is 4.04. The SMILES string of the molecule is CCCNC(COCCC1CCC1)c1cc(C)cc(C)c1. The number of ether oxygens (including phenoxy) is 1. The maximum Gasteiger partial charge on any atom is 0.0661 e. The highest BCUT2D eigenvalue weighted by molar-refractivity contribution is 5.30. The minimum absolute atomic E-state index is 0.324. The topological polar surface area (TPSA) is 21.3 Å². The predicted molar refractivity (Wildman–Crippen MR) is 89.7 cm³/mol. The third kappa shape index (κ3) is 5.44. The van der Waals surface area contributed by atoms with Gasteiger partial charge in [0.2, 0.25) is 0 Å². The van der Waals surface area contributed by atoms with E-state index in [0.29, 0.717) is 6.04 Å². The van der Waals surface area contributed by atoms with Crippen LogP contribution in [0.4, 0.5) is 0 Å². The van der Waals surface area contributed by atoms with Gasteiger partial charge in [0.05, 0.1) is 12.6 Å². The van der Waals surface area contributed by atoms with Gasteiger partial charge in [0.1, 0.15) is 0 Å². The Morgan fingerprint density at radius 3 is 2.48 bits per heavy atom. The largest absolute Gasteiger partial charge is 0.379 e. The number of hydrogen-bond donors (Lipinski definition) is 1. The molecule has 2 rings (SSSR count). The average molecular weight is 289 g/mol. The van der Waals surface area contributed by atoms with Crippen LogP contribution in [0.25, 0.3) is 0 Å². The molecule has 1 saturated carbocycles. The van der Waals surface area contributed by atoms with Gasteiger partial charge < -0.3 is 10.1 Å². The lowest BCUT2D eigenvalue weighted by molar-refractivity contribution is 0.0888. The lowest BCUT2D eigenvalue weighted by Crippen LogP contribution is -2.27. The van der Waals surface area contributed by atoms with Crippen molar-refractivity contribution in [1.82, 2.24) is 5.32 Å². The first kappa shape index (κ1) is 16.5. The summed E-state index contributed by atoms with van der Waals surface area (Å²) < 4.78 is 5.97. The molecule has 0 heterocycles. The minimum atomic E-state index is 0.324. The molecule has 21 heavy (non-hydrogen) atoms. The van der Waals surface area contributed by atoms with E-state index in [1.54, 1.807) is 0 Å². The lowest BCUT2D eigenvalue weighted by Gasteiger charge is -2.26. The van der Waals surface area contributed by atoms with E-state index in [4.69, 9.17) is 4.74 Å². The summed E-state index contributed by atoms with van der Waals surface area (Å²) >= 11 is 0. The summed E-state index contributed by atoms with van der Waals surface area (Å²) in [6, 6.07) is 7.13. The molecule has 1 N–H and O–H groups in total. The van der Waals surface area contributed by atoms with Crippen LogP contribution < -0.4 is 5.32 Å². The first-order valence-corrected chi connectivity index (χ1v) is 8.58. The van der Waals surface area contributed by atoms with Crippen molar-refractivity contribution in [2.75, 3.05) is 19.8 Å². The molecule has 1 unspecified atom stereocenters. The van der Waals surface area contributed by atoms with Crippen LogP contribution in [-0.4, -0.2) is 19.8 Å². The highest BCUT2D eigenvalue weighted by Crippen LogP contribution is 2.29. The highest BCUT2D eigenvalue weighted by Gasteiger charge is 2.17. The maximum atomic E-state index is 5.97. The Balaban J connectivity index is 1.86. The summed E-state index contributed by atoms with van der Waals surface area (Å²) in [7, 11) is 0. The van der Waals surface area contributed by atoms with Gasteiger partial charge in [-0.25, -0.2) is 0 Å². The van der Waals surface area contributed by atoms with Crippen LogP contribution >= 0.6 is 0 Å². The van der Waals surface area contributed by atoms with Crippen molar-refractivity contribution in [1.29, 1.82) is 0 Å². The molecule has 1 aliphatic rings. The molecule has 2 nitrogen and oxygen atoms in total. The smallest absolute Gasteiger partial charge is 0.0661 e. The molecular weight excluding hydrogens is 258 g/mol. The Hall–Kier alpha value is -0.860. The van der Waals surface area contributed by atoms with E-state index in [1.165, 1.54) is 42.4 Å². The zero-order valence-corrected chi connectivity index (χ0v) is 14.0. The van der Waals surface area contributed by atoms with Crippen LogP contribution in [0.2, 0.25) is 0 Å². The second-order valence-electron chi connectivity index (χ2n) is 6.59. The van der Waals surface area contributed by atoms with Crippen LogP contribution in [-0.2, 0) is 4.74 Å². The summed E-state index contributed by atoms with van der Waals surface area (Å²) in [4.78, 5) is 0. The van der Waals surface area contributed by atoms with Crippen LogP contribution in [0.1, 0.15) is 61.8 Å². The van der Waals surface area contributed by atoms with Gasteiger partial charge in [0.25, 0.3) is 0 Å². The van der Waals surface area contributed by atoms with Crippen LogP contribution in [0, 0.1) is 19.8 Å². The van der Waals surface area contributed by atoms with E-state index >= 15 is 0 Å². The van der Waals surface area contributed by atoms with E-state index in [1.807, 2.05) is 0 Å². The fourth-order valence-electron chi connectivity index (χ4n) is 3.04. The van der Waals surface area contributed by atoms with Crippen molar-refractivity contribution in [3.8, 4) is 0 Å². The van der Waals surface area contributed by atoms with Gasteiger partial charge in [-0.1, -0.05) is 55.5 Å². The quantitative estimate of drug-likeness (QED) is 0.673.